The van der Waals surface area contributed by atoms with E-state index in [0.717, 1.165) is 33.7 Å². The molecule has 1 heterocycles. The predicted molar refractivity (Wildman–Crippen MR) is 94.3 cm³/mol. The second-order valence-electron chi connectivity index (χ2n) is 5.67. The third-order valence-electron chi connectivity index (χ3n) is 3.86. The molecule has 0 radical (unpaired) electrons. The summed E-state index contributed by atoms with van der Waals surface area (Å²) in [6, 6.07) is 13.0. The highest BCUT2D eigenvalue weighted by Gasteiger charge is 2.07. The Morgan fingerprint density at radius 1 is 1.04 bits per heavy atom. The van der Waals surface area contributed by atoms with Gasteiger partial charge in [0, 0.05) is 5.69 Å². The van der Waals surface area contributed by atoms with Crippen LogP contribution in [0.5, 0.6) is 5.75 Å². The van der Waals surface area contributed by atoms with Crippen LogP contribution in [0.1, 0.15) is 17.0 Å². The number of aromatic nitrogens is 2. The Kier molecular flexibility index (Phi) is 4.42. The summed E-state index contributed by atoms with van der Waals surface area (Å²) in [4.78, 5) is 21.3. The van der Waals surface area contributed by atoms with Crippen molar-refractivity contribution in [3.8, 4) is 5.75 Å². The van der Waals surface area contributed by atoms with Crippen LogP contribution in [0.25, 0.3) is 11.0 Å². The van der Waals surface area contributed by atoms with Gasteiger partial charge in [-0.3, -0.25) is 4.79 Å². The molecule has 2 aromatic carbocycles. The lowest BCUT2D eigenvalue weighted by Crippen LogP contribution is -2.14. The van der Waals surface area contributed by atoms with Gasteiger partial charge in [-0.25, -0.2) is 9.97 Å². The molecule has 0 saturated carbocycles. The summed E-state index contributed by atoms with van der Waals surface area (Å²) < 4.78 is 5.18. The molecule has 0 bridgehead atoms. The van der Waals surface area contributed by atoms with Gasteiger partial charge >= 0.3 is 0 Å². The molecule has 0 aliphatic heterocycles. The summed E-state index contributed by atoms with van der Waals surface area (Å²) in [7, 11) is 1.61. The average Bonchev–Trinajstić information content (AvgIpc) is 2.56. The number of fused-ring (bicyclic) bond motifs is 1. The van der Waals surface area contributed by atoms with Crippen LogP contribution in [-0.2, 0) is 11.2 Å². The van der Waals surface area contributed by atoms with Crippen LogP contribution in [0.15, 0.2) is 42.5 Å². The topological polar surface area (TPSA) is 64.1 Å². The number of anilines is 1. The highest BCUT2D eigenvalue weighted by molar-refractivity contribution is 5.94. The molecule has 5 nitrogen and oxygen atoms in total. The molecular formula is C19H19N3O2. The van der Waals surface area contributed by atoms with E-state index in [-0.39, 0.29) is 12.3 Å². The number of hydrogen-bond acceptors (Lipinski definition) is 4. The largest absolute Gasteiger partial charge is 0.497 e. The lowest BCUT2D eigenvalue weighted by molar-refractivity contribution is -0.115. The first-order valence-electron chi connectivity index (χ1n) is 7.73. The zero-order valence-corrected chi connectivity index (χ0v) is 14.0. The Balaban J connectivity index is 1.76. The van der Waals surface area contributed by atoms with E-state index in [1.54, 1.807) is 7.11 Å². The summed E-state index contributed by atoms with van der Waals surface area (Å²) in [5.41, 5.74) is 5.02. The van der Waals surface area contributed by atoms with E-state index >= 15 is 0 Å². The van der Waals surface area contributed by atoms with Crippen LogP contribution in [-0.4, -0.2) is 23.0 Å². The summed E-state index contributed by atoms with van der Waals surface area (Å²) >= 11 is 0. The fourth-order valence-corrected chi connectivity index (χ4v) is 2.48. The lowest BCUT2D eigenvalue weighted by Gasteiger charge is -2.08. The molecule has 1 aromatic heterocycles. The van der Waals surface area contributed by atoms with Gasteiger partial charge in [0.25, 0.3) is 0 Å². The van der Waals surface area contributed by atoms with Crippen molar-refractivity contribution in [2.75, 3.05) is 12.4 Å². The first kappa shape index (κ1) is 15.9. The molecule has 0 aliphatic carbocycles. The Hall–Kier alpha value is -2.95. The van der Waals surface area contributed by atoms with Crippen molar-refractivity contribution in [2.24, 2.45) is 0 Å². The van der Waals surface area contributed by atoms with Gasteiger partial charge in [-0.15, -0.1) is 0 Å². The van der Waals surface area contributed by atoms with E-state index < -0.39 is 0 Å². The van der Waals surface area contributed by atoms with E-state index in [4.69, 9.17) is 4.74 Å². The average molecular weight is 321 g/mol. The van der Waals surface area contributed by atoms with Gasteiger partial charge in [0.1, 0.15) is 5.75 Å². The first-order valence-corrected chi connectivity index (χ1v) is 7.73. The molecule has 0 atom stereocenters. The molecule has 122 valence electrons. The van der Waals surface area contributed by atoms with E-state index in [1.165, 1.54) is 0 Å². The molecule has 0 unspecified atom stereocenters. The van der Waals surface area contributed by atoms with Crippen LogP contribution in [0.4, 0.5) is 5.69 Å². The second kappa shape index (κ2) is 6.66. The van der Waals surface area contributed by atoms with Crippen molar-refractivity contribution < 1.29 is 9.53 Å². The highest BCUT2D eigenvalue weighted by atomic mass is 16.5. The number of rotatable bonds is 4. The number of aryl methyl sites for hydroxylation is 2. The standard InChI is InChI=1S/C19H19N3O2/c1-12-13(2)21-18-11-15(7-8-17(18)20-12)22-19(23)10-14-5-4-6-16(9-14)24-3/h4-9,11H,10H2,1-3H3,(H,22,23). The van der Waals surface area contributed by atoms with Gasteiger partial charge in [0.05, 0.1) is 36.0 Å². The van der Waals surface area contributed by atoms with Gasteiger partial charge in [-0.2, -0.15) is 0 Å². The third kappa shape index (κ3) is 3.51. The van der Waals surface area contributed by atoms with Crippen LogP contribution in [0, 0.1) is 13.8 Å². The quantitative estimate of drug-likeness (QED) is 0.799. The number of carbonyl (C=O) groups is 1. The molecule has 3 aromatic rings. The van der Waals surface area contributed by atoms with E-state index in [9.17, 15) is 4.79 Å². The predicted octanol–water partition coefficient (Wildman–Crippen LogP) is 3.44. The number of methoxy groups -OCH3 is 1. The van der Waals surface area contributed by atoms with Gasteiger partial charge in [-0.1, -0.05) is 12.1 Å². The van der Waals surface area contributed by atoms with Gasteiger partial charge in [0.15, 0.2) is 0 Å². The molecule has 1 amide bonds. The van der Waals surface area contributed by atoms with E-state index in [1.807, 2.05) is 56.3 Å². The van der Waals surface area contributed by atoms with Gasteiger partial charge in [0.2, 0.25) is 5.91 Å². The fourth-order valence-electron chi connectivity index (χ4n) is 2.48. The minimum atomic E-state index is -0.0839. The molecule has 0 saturated heterocycles. The normalized spacial score (nSPS) is 10.6. The van der Waals surface area contributed by atoms with Crippen molar-refractivity contribution in [2.45, 2.75) is 20.3 Å². The summed E-state index contributed by atoms with van der Waals surface area (Å²) in [5, 5.41) is 2.91. The van der Waals surface area contributed by atoms with Crippen LogP contribution in [0.2, 0.25) is 0 Å². The lowest BCUT2D eigenvalue weighted by atomic mass is 10.1. The number of ether oxygens (including phenoxy) is 1. The number of benzene rings is 2. The number of amides is 1. The molecule has 0 fully saturated rings. The van der Waals surface area contributed by atoms with Crippen LogP contribution in [0.3, 0.4) is 0 Å². The minimum absolute atomic E-state index is 0.0839. The number of hydrogen-bond donors (Lipinski definition) is 1. The molecule has 5 heteroatoms. The van der Waals surface area contributed by atoms with Crippen molar-refractivity contribution >= 4 is 22.6 Å². The Morgan fingerprint density at radius 3 is 2.54 bits per heavy atom. The summed E-state index contributed by atoms with van der Waals surface area (Å²) in [5.74, 6) is 0.659. The van der Waals surface area contributed by atoms with Crippen molar-refractivity contribution in [1.82, 2.24) is 9.97 Å². The molecule has 3 rings (SSSR count). The molecule has 1 N–H and O–H groups in total. The zero-order chi connectivity index (χ0) is 17.1. The van der Waals surface area contributed by atoms with Crippen molar-refractivity contribution in [1.29, 1.82) is 0 Å². The third-order valence-corrected chi connectivity index (χ3v) is 3.86. The van der Waals surface area contributed by atoms with Crippen molar-refractivity contribution in [3.63, 3.8) is 0 Å². The van der Waals surface area contributed by atoms with Crippen LogP contribution < -0.4 is 10.1 Å². The van der Waals surface area contributed by atoms with E-state index in [0.29, 0.717) is 5.69 Å². The molecule has 0 aliphatic rings. The number of nitrogens with zero attached hydrogens (tertiary/aromatic N) is 2. The Bertz CT molecular complexity index is 906. The number of carbonyl (C=O) groups excluding carboxylic acids is 1. The highest BCUT2D eigenvalue weighted by Crippen LogP contribution is 2.18. The fraction of sp³-hybridized carbons (Fsp3) is 0.211. The first-order chi connectivity index (χ1) is 11.5. The van der Waals surface area contributed by atoms with Gasteiger partial charge < -0.3 is 10.1 Å². The maximum absolute atomic E-state index is 12.3. The summed E-state index contributed by atoms with van der Waals surface area (Å²) in [6.45, 7) is 3.86. The molecule has 24 heavy (non-hydrogen) atoms. The van der Waals surface area contributed by atoms with Crippen molar-refractivity contribution in [3.05, 3.63) is 59.4 Å². The van der Waals surface area contributed by atoms with Gasteiger partial charge in [-0.05, 0) is 49.7 Å². The Labute approximate surface area is 140 Å². The minimum Gasteiger partial charge on any atom is -0.497 e. The summed E-state index contributed by atoms with van der Waals surface area (Å²) in [6.07, 6.45) is 0.286. The van der Waals surface area contributed by atoms with E-state index in [2.05, 4.69) is 15.3 Å². The smallest absolute Gasteiger partial charge is 0.228 e. The monoisotopic (exact) mass is 321 g/mol. The number of nitrogens with one attached hydrogen (secondary N) is 1. The van der Waals surface area contributed by atoms with Crippen LogP contribution >= 0.6 is 0 Å². The molecule has 0 spiro atoms. The maximum atomic E-state index is 12.3. The zero-order valence-electron chi connectivity index (χ0n) is 14.0. The molecular weight excluding hydrogens is 302 g/mol. The maximum Gasteiger partial charge on any atom is 0.228 e. The SMILES string of the molecule is COc1cccc(CC(=O)Nc2ccc3nc(C)c(C)nc3c2)c1. The Morgan fingerprint density at radius 2 is 1.79 bits per heavy atom. The second-order valence-corrected chi connectivity index (χ2v) is 5.67.